The van der Waals surface area contributed by atoms with Crippen molar-refractivity contribution in [2.75, 3.05) is 0 Å². The fourth-order valence-electron chi connectivity index (χ4n) is 4.90. The van der Waals surface area contributed by atoms with Gasteiger partial charge in [0.05, 0.1) is 23.4 Å². The van der Waals surface area contributed by atoms with Gasteiger partial charge in [-0.05, 0) is 55.7 Å². The standard InChI is InChI=1S/C26H23BrClFN2O7/c1-14-2-7-18(30-12-14)13-31-22(32)19-10-16(27)11-20(29)21(19)24(31,15-3-5-17(28)6-4-15)38-26(36,37)23(8-9-23)25(33,34)35/h2-7,10-12,33-37H,8-9,13H2,1H3. The van der Waals surface area contributed by atoms with Crippen LogP contribution in [0.4, 0.5) is 4.39 Å². The number of ether oxygens (including phenoxy) is 1. The third-order valence-electron chi connectivity index (χ3n) is 7.08. The molecule has 2 aromatic carbocycles. The molecule has 1 saturated carbocycles. The van der Waals surface area contributed by atoms with Gasteiger partial charge in [0.15, 0.2) is 0 Å². The lowest BCUT2D eigenvalue weighted by Gasteiger charge is -2.46. The lowest BCUT2D eigenvalue weighted by molar-refractivity contribution is -0.484. The van der Waals surface area contributed by atoms with Crippen LogP contribution in [0.15, 0.2) is 59.2 Å². The zero-order valence-electron chi connectivity index (χ0n) is 19.9. The number of benzene rings is 2. The molecule has 1 amide bonds. The number of hydrogen-bond acceptors (Lipinski definition) is 8. The topological polar surface area (TPSA) is 144 Å². The number of hydrogen-bond donors (Lipinski definition) is 5. The van der Waals surface area contributed by atoms with Crippen LogP contribution in [-0.4, -0.2) is 53.3 Å². The number of carbonyl (C=O) groups is 1. The lowest BCUT2D eigenvalue weighted by atomic mass is 9.91. The smallest absolute Gasteiger partial charge is 0.294 e. The molecule has 2 aliphatic rings. The first-order chi connectivity index (χ1) is 17.7. The second kappa shape index (κ2) is 9.04. The summed E-state index contributed by atoms with van der Waals surface area (Å²) in [6, 6.07) is 11.6. The van der Waals surface area contributed by atoms with Crippen LogP contribution in [0.1, 0.15) is 45.6 Å². The van der Waals surface area contributed by atoms with Crippen LogP contribution in [-0.2, 0) is 17.0 Å². The maximum absolute atomic E-state index is 15.8. The number of amides is 1. The van der Waals surface area contributed by atoms with E-state index in [1.165, 1.54) is 30.3 Å². The minimum absolute atomic E-state index is 0.0741. The molecular formula is C26H23BrClFN2O7. The Labute approximate surface area is 229 Å². The first-order valence-electron chi connectivity index (χ1n) is 11.5. The van der Waals surface area contributed by atoms with E-state index in [9.17, 15) is 30.3 Å². The summed E-state index contributed by atoms with van der Waals surface area (Å²) in [6.45, 7) is 1.56. The Kier molecular flexibility index (Phi) is 6.44. The van der Waals surface area contributed by atoms with Crippen LogP contribution in [0.3, 0.4) is 0 Å². The molecule has 0 bridgehead atoms. The van der Waals surface area contributed by atoms with Gasteiger partial charge in [0.1, 0.15) is 11.2 Å². The first kappa shape index (κ1) is 27.1. The number of carbonyl (C=O) groups excluding carboxylic acids is 1. The molecular weight excluding hydrogens is 587 g/mol. The Bertz CT molecular complexity index is 1410. The van der Waals surface area contributed by atoms with Crippen LogP contribution >= 0.6 is 27.5 Å². The maximum atomic E-state index is 15.8. The molecule has 1 aliphatic heterocycles. The molecule has 9 nitrogen and oxygen atoms in total. The van der Waals surface area contributed by atoms with E-state index in [0.717, 1.165) is 16.5 Å². The Morgan fingerprint density at radius 3 is 2.32 bits per heavy atom. The predicted molar refractivity (Wildman–Crippen MR) is 134 cm³/mol. The number of aryl methyl sites for hydroxylation is 1. The van der Waals surface area contributed by atoms with Crippen molar-refractivity contribution in [3.63, 3.8) is 0 Å². The van der Waals surface area contributed by atoms with Crippen molar-refractivity contribution in [2.45, 2.75) is 44.0 Å². The summed E-state index contributed by atoms with van der Waals surface area (Å²) in [5, 5.41) is 52.7. The summed E-state index contributed by atoms with van der Waals surface area (Å²) < 4.78 is 22.0. The number of pyridine rings is 1. The third-order valence-corrected chi connectivity index (χ3v) is 7.79. The van der Waals surface area contributed by atoms with Crippen LogP contribution in [0.5, 0.6) is 0 Å². The number of aliphatic hydroxyl groups is 5. The monoisotopic (exact) mass is 608 g/mol. The highest BCUT2D eigenvalue weighted by atomic mass is 79.9. The van der Waals surface area contributed by atoms with Crippen molar-refractivity contribution in [2.24, 2.45) is 5.41 Å². The van der Waals surface area contributed by atoms with Crippen molar-refractivity contribution in [1.29, 1.82) is 0 Å². The average Bonchev–Trinajstić information content (AvgIpc) is 3.62. The number of halogens is 3. The van der Waals surface area contributed by atoms with Gasteiger partial charge in [0.2, 0.25) is 5.72 Å². The van der Waals surface area contributed by atoms with E-state index in [1.54, 1.807) is 18.3 Å². The molecule has 0 radical (unpaired) electrons. The van der Waals surface area contributed by atoms with E-state index in [-0.39, 0.29) is 40.5 Å². The van der Waals surface area contributed by atoms with Gasteiger partial charge in [0, 0.05) is 21.3 Å². The third kappa shape index (κ3) is 4.14. The fourth-order valence-corrected chi connectivity index (χ4v) is 5.45. The second-order valence-corrected chi connectivity index (χ2v) is 11.0. The van der Waals surface area contributed by atoms with Gasteiger partial charge in [0.25, 0.3) is 17.9 Å². The quantitative estimate of drug-likeness (QED) is 0.258. The van der Waals surface area contributed by atoms with Crippen molar-refractivity contribution < 1.29 is 39.5 Å². The minimum Gasteiger partial charge on any atom is -0.343 e. The summed E-state index contributed by atoms with van der Waals surface area (Å²) in [6.07, 6.45) is 1.05. The van der Waals surface area contributed by atoms with Gasteiger partial charge in [-0.3, -0.25) is 19.4 Å². The largest absolute Gasteiger partial charge is 0.343 e. The zero-order valence-corrected chi connectivity index (χ0v) is 22.2. The van der Waals surface area contributed by atoms with Crippen molar-refractivity contribution in [1.82, 2.24) is 9.88 Å². The summed E-state index contributed by atoms with van der Waals surface area (Å²) in [4.78, 5) is 19.3. The molecule has 1 fully saturated rings. The molecule has 200 valence electrons. The minimum atomic E-state index is -3.56. The van der Waals surface area contributed by atoms with Crippen molar-refractivity contribution in [3.05, 3.63) is 98.0 Å². The summed E-state index contributed by atoms with van der Waals surface area (Å²) in [5.41, 5.74) is -3.91. The summed E-state index contributed by atoms with van der Waals surface area (Å²) >= 11 is 9.28. The van der Waals surface area contributed by atoms with Gasteiger partial charge < -0.3 is 25.5 Å². The normalized spacial score (nSPS) is 20.6. The van der Waals surface area contributed by atoms with Gasteiger partial charge in [-0.15, -0.1) is 0 Å². The molecule has 1 aliphatic carbocycles. The Morgan fingerprint density at radius 1 is 1.11 bits per heavy atom. The van der Waals surface area contributed by atoms with Crippen LogP contribution < -0.4 is 0 Å². The second-order valence-electron chi connectivity index (χ2n) is 9.61. The van der Waals surface area contributed by atoms with E-state index in [1.807, 2.05) is 6.92 Å². The molecule has 12 heteroatoms. The van der Waals surface area contributed by atoms with Crippen molar-refractivity contribution in [3.8, 4) is 0 Å². The highest BCUT2D eigenvalue weighted by molar-refractivity contribution is 9.10. The Morgan fingerprint density at radius 2 is 1.76 bits per heavy atom. The highest BCUT2D eigenvalue weighted by Gasteiger charge is 2.74. The molecule has 5 rings (SSSR count). The Balaban J connectivity index is 1.78. The van der Waals surface area contributed by atoms with E-state index in [0.29, 0.717) is 10.7 Å². The van der Waals surface area contributed by atoms with Crippen LogP contribution in [0.25, 0.3) is 0 Å². The van der Waals surface area contributed by atoms with Crippen LogP contribution in [0.2, 0.25) is 5.02 Å². The molecule has 5 N–H and O–H groups in total. The van der Waals surface area contributed by atoms with Gasteiger partial charge >= 0.3 is 0 Å². The van der Waals surface area contributed by atoms with E-state index in [4.69, 9.17) is 16.3 Å². The molecule has 2 heterocycles. The molecule has 0 saturated heterocycles. The first-order valence-corrected chi connectivity index (χ1v) is 12.7. The van der Waals surface area contributed by atoms with Gasteiger partial charge in [-0.2, -0.15) is 0 Å². The lowest BCUT2D eigenvalue weighted by Crippen LogP contribution is -2.61. The van der Waals surface area contributed by atoms with Crippen LogP contribution in [0, 0.1) is 18.2 Å². The number of rotatable bonds is 7. The SMILES string of the molecule is Cc1ccc(CN2C(=O)c3cc(Br)cc(F)c3C2(OC(O)(O)C2(C(O)(O)O)CC2)c2ccc(Cl)cc2)nc1. The fraction of sp³-hybridized carbons (Fsp3) is 0.308. The van der Waals surface area contributed by atoms with Gasteiger partial charge in [-0.25, -0.2) is 4.39 Å². The number of fused-ring (bicyclic) bond motifs is 1. The van der Waals surface area contributed by atoms with E-state index < -0.39 is 34.8 Å². The highest BCUT2D eigenvalue weighted by Crippen LogP contribution is 2.62. The summed E-state index contributed by atoms with van der Waals surface area (Å²) in [7, 11) is 0. The molecule has 3 aromatic rings. The zero-order chi connectivity index (χ0) is 27.7. The molecule has 38 heavy (non-hydrogen) atoms. The number of nitrogens with zero attached hydrogens (tertiary/aromatic N) is 2. The average molecular weight is 610 g/mol. The molecule has 1 unspecified atom stereocenters. The molecule has 0 spiro atoms. The maximum Gasteiger partial charge on any atom is 0.294 e. The van der Waals surface area contributed by atoms with Crippen molar-refractivity contribution >= 4 is 33.4 Å². The van der Waals surface area contributed by atoms with E-state index >= 15 is 4.39 Å². The van der Waals surface area contributed by atoms with Gasteiger partial charge in [-0.1, -0.05) is 45.7 Å². The molecule has 1 atom stereocenters. The molecule has 1 aromatic heterocycles. The van der Waals surface area contributed by atoms with E-state index in [2.05, 4.69) is 20.9 Å². The summed E-state index contributed by atoms with van der Waals surface area (Å²) in [5.74, 6) is -8.67. The number of aromatic nitrogens is 1. The predicted octanol–water partition coefficient (Wildman–Crippen LogP) is 2.87. The Hall–Kier alpha value is -2.48.